The zero-order valence-corrected chi connectivity index (χ0v) is 17.9. The van der Waals surface area contributed by atoms with Gasteiger partial charge in [0.25, 0.3) is 0 Å². The van der Waals surface area contributed by atoms with E-state index in [0.29, 0.717) is 22.6 Å². The third-order valence-electron chi connectivity index (χ3n) is 7.30. The molecule has 5 fully saturated rings. The Kier molecular flexibility index (Phi) is 4.23. The van der Waals surface area contributed by atoms with Crippen molar-refractivity contribution in [2.45, 2.75) is 87.9 Å². The number of rotatable bonds is 6. The lowest BCUT2D eigenvalue weighted by atomic mass is 9.48. The first-order valence-corrected chi connectivity index (χ1v) is 11.4. The van der Waals surface area contributed by atoms with Gasteiger partial charge in [-0.25, -0.2) is 0 Å². The fraction of sp³-hybridized carbons (Fsp3) is 0.857. The monoisotopic (exact) mass is 435 g/mol. The number of aromatic nitrogens is 2. The number of alkyl halides is 1. The van der Waals surface area contributed by atoms with E-state index in [4.69, 9.17) is 4.52 Å². The van der Waals surface area contributed by atoms with Crippen LogP contribution in [0.5, 0.6) is 0 Å². The highest BCUT2D eigenvalue weighted by Gasteiger charge is 2.57. The average molecular weight is 436 g/mol. The SMILES string of the molecule is CC(C)C(NC(=O)CC12CC3CC(CC(Br)(C3)C1)C2)c1nc(C2CC2)no1. The topological polar surface area (TPSA) is 68.0 Å². The lowest BCUT2D eigenvalue weighted by molar-refractivity contribution is -0.129. The molecule has 1 N–H and O–H groups in total. The van der Waals surface area contributed by atoms with E-state index < -0.39 is 0 Å². The molecule has 6 rings (SSSR count). The molecule has 1 aromatic heterocycles. The molecule has 5 aliphatic carbocycles. The molecule has 6 heteroatoms. The summed E-state index contributed by atoms with van der Waals surface area (Å²) in [5.74, 6) is 3.83. The van der Waals surface area contributed by atoms with Gasteiger partial charge in [0.2, 0.25) is 11.8 Å². The van der Waals surface area contributed by atoms with E-state index in [0.717, 1.165) is 36.9 Å². The molecule has 5 nitrogen and oxygen atoms in total. The molecule has 0 aromatic carbocycles. The Morgan fingerprint density at radius 2 is 1.96 bits per heavy atom. The van der Waals surface area contributed by atoms with Gasteiger partial charge in [0.15, 0.2) is 5.82 Å². The predicted octanol–water partition coefficient (Wildman–Crippen LogP) is 4.88. The van der Waals surface area contributed by atoms with Gasteiger partial charge in [-0.3, -0.25) is 4.79 Å². The van der Waals surface area contributed by atoms with Crippen LogP contribution in [0.25, 0.3) is 0 Å². The zero-order chi connectivity index (χ0) is 18.8. The molecule has 1 amide bonds. The normalized spacial score (nSPS) is 38.4. The van der Waals surface area contributed by atoms with Gasteiger partial charge >= 0.3 is 0 Å². The summed E-state index contributed by atoms with van der Waals surface area (Å²) in [5, 5.41) is 7.38. The fourth-order valence-corrected chi connectivity index (χ4v) is 8.01. The standard InChI is InChI=1S/C21H30BrN3O2/c1-12(2)17(19-24-18(25-27-19)15-3-4-15)23-16(26)10-20-6-13-5-14(7-20)9-21(22,8-13)11-20/h12-15,17H,3-11H2,1-2H3,(H,23,26). The van der Waals surface area contributed by atoms with Gasteiger partial charge in [0.05, 0.1) is 0 Å². The molecule has 3 atom stereocenters. The van der Waals surface area contributed by atoms with Crippen LogP contribution in [-0.4, -0.2) is 20.4 Å². The Bertz CT molecular complexity index is 728. The minimum atomic E-state index is -0.190. The van der Waals surface area contributed by atoms with E-state index in [-0.39, 0.29) is 23.3 Å². The Morgan fingerprint density at radius 3 is 2.56 bits per heavy atom. The number of nitrogens with one attached hydrogen (secondary N) is 1. The Labute approximate surface area is 169 Å². The Balaban J connectivity index is 1.28. The van der Waals surface area contributed by atoms with Crippen LogP contribution in [0.15, 0.2) is 4.52 Å². The number of nitrogens with zero attached hydrogens (tertiary/aromatic N) is 2. The van der Waals surface area contributed by atoms with Gasteiger partial charge in [-0.05, 0) is 74.5 Å². The summed E-state index contributed by atoms with van der Waals surface area (Å²) in [5.41, 5.74) is 0.188. The number of halogens is 1. The maximum atomic E-state index is 13.1. The third-order valence-corrected chi connectivity index (χ3v) is 8.22. The highest BCUT2D eigenvalue weighted by Crippen LogP contribution is 2.65. The van der Waals surface area contributed by atoms with Crippen LogP contribution in [0.1, 0.15) is 95.3 Å². The number of hydrogen-bond acceptors (Lipinski definition) is 4. The van der Waals surface area contributed by atoms with E-state index in [1.165, 1.54) is 32.1 Å². The van der Waals surface area contributed by atoms with Gasteiger partial charge in [-0.15, -0.1) is 0 Å². The highest BCUT2D eigenvalue weighted by atomic mass is 79.9. The van der Waals surface area contributed by atoms with Gasteiger partial charge in [0, 0.05) is 16.7 Å². The van der Waals surface area contributed by atoms with Crippen molar-refractivity contribution in [3.05, 3.63) is 11.7 Å². The minimum absolute atomic E-state index is 0.151. The molecule has 4 bridgehead atoms. The van der Waals surface area contributed by atoms with Crippen LogP contribution in [0.2, 0.25) is 0 Å². The zero-order valence-electron chi connectivity index (χ0n) is 16.3. The van der Waals surface area contributed by atoms with Crippen molar-refractivity contribution in [2.24, 2.45) is 23.2 Å². The van der Waals surface area contributed by atoms with Crippen molar-refractivity contribution < 1.29 is 9.32 Å². The predicted molar refractivity (Wildman–Crippen MR) is 105 cm³/mol. The first-order chi connectivity index (χ1) is 12.8. The average Bonchev–Trinajstić information content (AvgIpc) is 3.27. The summed E-state index contributed by atoms with van der Waals surface area (Å²) in [6.07, 6.45) is 10.5. The van der Waals surface area contributed by atoms with Crippen molar-refractivity contribution in [3.63, 3.8) is 0 Å². The number of carbonyl (C=O) groups excluding carboxylic acids is 1. The van der Waals surface area contributed by atoms with Crippen molar-refractivity contribution in [2.75, 3.05) is 0 Å². The minimum Gasteiger partial charge on any atom is -0.344 e. The lowest BCUT2D eigenvalue weighted by Gasteiger charge is -2.60. The van der Waals surface area contributed by atoms with Crippen molar-refractivity contribution in [1.29, 1.82) is 0 Å². The fourth-order valence-electron chi connectivity index (χ4n) is 6.50. The molecule has 5 aliphatic rings. The number of carbonyl (C=O) groups is 1. The summed E-state index contributed by atoms with van der Waals surface area (Å²) in [7, 11) is 0. The third kappa shape index (κ3) is 3.47. The molecular weight excluding hydrogens is 406 g/mol. The smallest absolute Gasteiger partial charge is 0.249 e. The summed E-state index contributed by atoms with van der Waals surface area (Å²) in [6, 6.07) is -0.190. The molecular formula is C21H30BrN3O2. The van der Waals surface area contributed by atoms with Crippen LogP contribution < -0.4 is 5.32 Å². The van der Waals surface area contributed by atoms with Crippen LogP contribution in [0, 0.1) is 23.2 Å². The molecule has 0 aliphatic heterocycles. The first-order valence-electron chi connectivity index (χ1n) is 10.6. The quantitative estimate of drug-likeness (QED) is 0.646. The van der Waals surface area contributed by atoms with Crippen molar-refractivity contribution in [1.82, 2.24) is 15.5 Å². The Hall–Kier alpha value is -0.910. The van der Waals surface area contributed by atoms with E-state index in [1.54, 1.807) is 0 Å². The summed E-state index contributed by atoms with van der Waals surface area (Å²) < 4.78 is 5.81. The lowest BCUT2D eigenvalue weighted by Crippen LogP contribution is -2.54. The molecule has 1 heterocycles. The van der Waals surface area contributed by atoms with Crippen molar-refractivity contribution in [3.8, 4) is 0 Å². The van der Waals surface area contributed by atoms with Gasteiger partial charge in [0.1, 0.15) is 6.04 Å². The van der Waals surface area contributed by atoms with Gasteiger partial charge in [-0.2, -0.15) is 4.98 Å². The molecule has 3 unspecified atom stereocenters. The molecule has 27 heavy (non-hydrogen) atoms. The molecule has 5 saturated carbocycles. The molecule has 0 radical (unpaired) electrons. The molecule has 1 aromatic rings. The summed E-state index contributed by atoms with van der Waals surface area (Å²) in [6.45, 7) is 4.20. The number of amides is 1. The largest absolute Gasteiger partial charge is 0.344 e. The van der Waals surface area contributed by atoms with Crippen LogP contribution in [0.4, 0.5) is 0 Å². The van der Waals surface area contributed by atoms with E-state index in [1.807, 2.05) is 0 Å². The van der Waals surface area contributed by atoms with E-state index in [9.17, 15) is 4.79 Å². The van der Waals surface area contributed by atoms with Crippen LogP contribution in [0.3, 0.4) is 0 Å². The highest BCUT2D eigenvalue weighted by molar-refractivity contribution is 9.10. The maximum Gasteiger partial charge on any atom is 0.249 e. The molecule has 148 valence electrons. The molecule has 0 spiro atoms. The van der Waals surface area contributed by atoms with Gasteiger partial charge in [-0.1, -0.05) is 34.9 Å². The van der Waals surface area contributed by atoms with Crippen molar-refractivity contribution >= 4 is 21.8 Å². The van der Waals surface area contributed by atoms with E-state index >= 15 is 0 Å². The second-order valence-corrected chi connectivity index (χ2v) is 12.0. The Morgan fingerprint density at radius 1 is 1.26 bits per heavy atom. The van der Waals surface area contributed by atoms with Gasteiger partial charge < -0.3 is 9.84 Å². The second-order valence-electron chi connectivity index (χ2n) is 10.3. The van der Waals surface area contributed by atoms with Crippen LogP contribution >= 0.6 is 15.9 Å². The molecule has 0 saturated heterocycles. The van der Waals surface area contributed by atoms with E-state index in [2.05, 4.69) is 45.2 Å². The first kappa shape index (κ1) is 18.1. The summed E-state index contributed by atoms with van der Waals surface area (Å²) in [4.78, 5) is 17.6. The second kappa shape index (κ2) is 6.30. The maximum absolute atomic E-state index is 13.1. The summed E-state index contributed by atoms with van der Waals surface area (Å²) >= 11 is 4.05. The van der Waals surface area contributed by atoms with Crippen LogP contribution in [-0.2, 0) is 4.79 Å². The number of hydrogen-bond donors (Lipinski definition) is 1.